The molecule has 1 unspecified atom stereocenters. The maximum Gasteiger partial charge on any atom is 0.411 e. The fourth-order valence-corrected chi connectivity index (χ4v) is 4.94. The van der Waals surface area contributed by atoms with Gasteiger partial charge < -0.3 is 20.4 Å². The van der Waals surface area contributed by atoms with Gasteiger partial charge in [0.05, 0.1) is 30.2 Å². The first-order chi connectivity index (χ1) is 20.8. The molecule has 2 aromatic heterocycles. The third-order valence-corrected chi connectivity index (χ3v) is 7.29. The Labute approximate surface area is 252 Å². The van der Waals surface area contributed by atoms with Gasteiger partial charge in [-0.3, -0.25) is 14.9 Å². The number of imidazole rings is 1. The molecule has 5 rings (SSSR count). The van der Waals surface area contributed by atoms with E-state index in [4.69, 9.17) is 16.6 Å². The zero-order chi connectivity index (χ0) is 30.3. The highest BCUT2D eigenvalue weighted by molar-refractivity contribution is 6.30. The van der Waals surface area contributed by atoms with Crippen LogP contribution in [0.4, 0.5) is 16.2 Å². The lowest BCUT2D eigenvalue weighted by atomic mass is 9.96. The van der Waals surface area contributed by atoms with Gasteiger partial charge in [0.2, 0.25) is 11.8 Å². The highest BCUT2D eigenvalue weighted by Crippen LogP contribution is 2.32. The summed E-state index contributed by atoms with van der Waals surface area (Å²) in [5.74, 6) is 0.330. The zero-order valence-electron chi connectivity index (χ0n) is 23.5. The van der Waals surface area contributed by atoms with Gasteiger partial charge >= 0.3 is 6.09 Å². The van der Waals surface area contributed by atoms with Crippen molar-refractivity contribution in [2.75, 3.05) is 17.7 Å². The average molecular weight is 604 g/mol. The Morgan fingerprint density at radius 3 is 2.81 bits per heavy atom. The Bertz CT molecular complexity index is 1650. The molecule has 43 heavy (non-hydrogen) atoms. The molecule has 222 valence electrons. The second-order valence-corrected chi connectivity index (χ2v) is 10.6. The number of benzene rings is 2. The second-order valence-electron chi connectivity index (χ2n) is 10.2. The molecule has 1 aliphatic rings. The summed E-state index contributed by atoms with van der Waals surface area (Å²) in [7, 11) is 1.27. The molecule has 0 saturated carbocycles. The van der Waals surface area contributed by atoms with E-state index in [-0.39, 0.29) is 17.7 Å². The lowest BCUT2D eigenvalue weighted by molar-refractivity contribution is -0.117. The van der Waals surface area contributed by atoms with Crippen LogP contribution < -0.4 is 16.0 Å². The molecule has 0 fully saturated rings. The van der Waals surface area contributed by atoms with Crippen LogP contribution in [0.3, 0.4) is 0 Å². The summed E-state index contributed by atoms with van der Waals surface area (Å²) in [5, 5.41) is 20.4. The molecule has 0 aliphatic carbocycles. The number of hydrogen-bond acceptors (Lipinski definition) is 8. The monoisotopic (exact) mass is 603 g/mol. The molecule has 1 aliphatic heterocycles. The summed E-state index contributed by atoms with van der Waals surface area (Å²) in [6, 6.07) is 9.90. The normalized spacial score (nSPS) is 17.1. The highest BCUT2D eigenvalue weighted by atomic mass is 35.5. The molecule has 4 aromatic rings. The number of nitrogens with zero attached hydrogens (tertiary/aromatic N) is 5. The maximum atomic E-state index is 13.2. The molecule has 0 radical (unpaired) electrons. The SMILES string of the molecule is COC(=O)Nc1ccc2c(c1)NC(=O)CC[C@@H](C)CCC(NC(=O)/C=C/c1cc(Cl)ccc1-n1cnnn1)c1nc-2c[nH]1. The number of methoxy groups -OCH3 is 1. The number of hydrogen-bond donors (Lipinski definition) is 4. The van der Waals surface area contributed by atoms with Gasteiger partial charge in [0.15, 0.2) is 0 Å². The minimum atomic E-state index is -0.624. The lowest BCUT2D eigenvalue weighted by Crippen LogP contribution is -2.28. The van der Waals surface area contributed by atoms with Gasteiger partial charge in [0.25, 0.3) is 0 Å². The van der Waals surface area contributed by atoms with Crippen molar-refractivity contribution in [2.24, 2.45) is 5.92 Å². The Kier molecular flexibility index (Phi) is 9.11. The summed E-state index contributed by atoms with van der Waals surface area (Å²) in [5.41, 5.74) is 3.50. The summed E-state index contributed by atoms with van der Waals surface area (Å²) in [4.78, 5) is 45.7. The van der Waals surface area contributed by atoms with E-state index in [0.29, 0.717) is 64.0 Å². The van der Waals surface area contributed by atoms with Crippen molar-refractivity contribution in [3.05, 3.63) is 71.4 Å². The predicted octanol–water partition coefficient (Wildman–Crippen LogP) is 4.90. The summed E-state index contributed by atoms with van der Waals surface area (Å²) >= 11 is 6.21. The Hall–Kier alpha value is -5.04. The fraction of sp³-hybridized carbons (Fsp3) is 0.276. The van der Waals surface area contributed by atoms with Crippen molar-refractivity contribution in [1.29, 1.82) is 0 Å². The number of nitrogens with one attached hydrogen (secondary N) is 4. The number of rotatable bonds is 5. The standard InChI is InChI=1S/C29H30ClN9O4/c1-17-3-9-22(34-27(41)12-5-18-13-19(30)6-10-25(18)39-16-32-37-38-39)28-31-15-24(36-28)21-8-7-20(33-29(42)43-2)14-23(21)35-26(40)11-4-17/h5-8,10,12-17,22H,3-4,9,11H2,1-2H3,(H,31,36)(H,33,42)(H,34,41)(H,35,40)/b12-5+/t17-,22?/m0/s1. The van der Waals surface area contributed by atoms with Crippen LogP contribution in [-0.2, 0) is 14.3 Å². The third-order valence-electron chi connectivity index (χ3n) is 7.06. The van der Waals surface area contributed by atoms with E-state index in [0.717, 1.165) is 6.42 Å². The van der Waals surface area contributed by atoms with Crippen LogP contribution in [0.15, 0.2) is 55.0 Å². The van der Waals surface area contributed by atoms with Gasteiger partial charge in [0, 0.05) is 40.5 Å². The van der Waals surface area contributed by atoms with Gasteiger partial charge in [-0.1, -0.05) is 18.5 Å². The molecule has 14 heteroatoms. The molecule has 0 saturated heterocycles. The number of aromatic amines is 1. The topological polar surface area (TPSA) is 169 Å². The van der Waals surface area contributed by atoms with Gasteiger partial charge in [-0.2, -0.15) is 4.68 Å². The van der Waals surface area contributed by atoms with E-state index >= 15 is 0 Å². The van der Waals surface area contributed by atoms with E-state index in [9.17, 15) is 14.4 Å². The van der Waals surface area contributed by atoms with Crippen LogP contribution in [0.1, 0.15) is 50.0 Å². The van der Waals surface area contributed by atoms with Crippen molar-refractivity contribution < 1.29 is 19.1 Å². The van der Waals surface area contributed by atoms with Crippen molar-refractivity contribution in [1.82, 2.24) is 35.5 Å². The number of carbonyl (C=O) groups is 3. The number of anilines is 2. The first kappa shape index (κ1) is 29.5. The van der Waals surface area contributed by atoms with Crippen LogP contribution in [0.25, 0.3) is 23.0 Å². The number of halogens is 1. The number of fused-ring (bicyclic) bond motifs is 4. The second kappa shape index (κ2) is 13.3. The largest absolute Gasteiger partial charge is 0.453 e. The molecule has 3 amide bonds. The van der Waals surface area contributed by atoms with E-state index in [2.05, 4.69) is 48.1 Å². The Morgan fingerprint density at radius 2 is 2.02 bits per heavy atom. The highest BCUT2D eigenvalue weighted by Gasteiger charge is 2.22. The molecule has 13 nitrogen and oxygen atoms in total. The number of aromatic nitrogens is 6. The first-order valence-electron chi connectivity index (χ1n) is 13.6. The molecule has 0 spiro atoms. The molecule has 4 N–H and O–H groups in total. The van der Waals surface area contributed by atoms with Crippen molar-refractivity contribution in [2.45, 2.75) is 38.6 Å². The zero-order valence-corrected chi connectivity index (χ0v) is 24.3. The molecular weight excluding hydrogens is 574 g/mol. The molecule has 3 heterocycles. The molecular formula is C29H30ClN9O4. The fourth-order valence-electron chi connectivity index (χ4n) is 4.76. The number of amides is 3. The van der Waals surface area contributed by atoms with Crippen molar-refractivity contribution >= 4 is 47.0 Å². The van der Waals surface area contributed by atoms with E-state index in [1.165, 1.54) is 24.2 Å². The van der Waals surface area contributed by atoms with Gasteiger partial charge in [-0.05, 0) is 78.1 Å². The minimum absolute atomic E-state index is 0.143. The quantitative estimate of drug-likeness (QED) is 0.233. The van der Waals surface area contributed by atoms with Gasteiger partial charge in [0.1, 0.15) is 12.2 Å². The van der Waals surface area contributed by atoms with Crippen LogP contribution in [0, 0.1) is 5.92 Å². The third kappa shape index (κ3) is 7.43. The van der Waals surface area contributed by atoms with Crippen LogP contribution in [0.5, 0.6) is 0 Å². The maximum absolute atomic E-state index is 13.2. The number of H-pyrrole nitrogens is 1. The number of ether oxygens (including phenoxy) is 1. The summed E-state index contributed by atoms with van der Waals surface area (Å²) in [6.45, 7) is 2.07. The van der Waals surface area contributed by atoms with Crippen LogP contribution in [0.2, 0.25) is 5.02 Å². The molecule has 2 bridgehead atoms. The molecule has 2 atom stereocenters. The smallest absolute Gasteiger partial charge is 0.411 e. The average Bonchev–Trinajstić information content (AvgIpc) is 3.70. The summed E-state index contributed by atoms with van der Waals surface area (Å²) < 4.78 is 6.17. The van der Waals surface area contributed by atoms with Gasteiger partial charge in [-0.25, -0.2) is 9.78 Å². The minimum Gasteiger partial charge on any atom is -0.453 e. The molecule has 2 aromatic carbocycles. The van der Waals surface area contributed by atoms with Crippen LogP contribution in [-0.4, -0.2) is 55.2 Å². The Balaban J connectivity index is 1.41. The Morgan fingerprint density at radius 1 is 1.16 bits per heavy atom. The first-order valence-corrected chi connectivity index (χ1v) is 14.0. The van der Waals surface area contributed by atoms with Crippen molar-refractivity contribution in [3.8, 4) is 16.9 Å². The van der Waals surface area contributed by atoms with E-state index in [1.807, 2.05) is 0 Å². The lowest BCUT2D eigenvalue weighted by Gasteiger charge is -2.18. The van der Waals surface area contributed by atoms with Crippen LogP contribution >= 0.6 is 11.6 Å². The van der Waals surface area contributed by atoms with Crippen molar-refractivity contribution in [3.63, 3.8) is 0 Å². The van der Waals surface area contributed by atoms with E-state index in [1.54, 1.807) is 48.7 Å². The van der Waals surface area contributed by atoms with E-state index < -0.39 is 12.1 Å². The number of tetrazole rings is 1. The predicted molar refractivity (Wildman–Crippen MR) is 160 cm³/mol. The van der Waals surface area contributed by atoms with Gasteiger partial charge in [-0.15, -0.1) is 5.10 Å². The number of carbonyl (C=O) groups excluding carboxylic acids is 3. The summed E-state index contributed by atoms with van der Waals surface area (Å²) in [6.07, 6.45) is 8.00.